The van der Waals surface area contributed by atoms with Gasteiger partial charge in [-0.3, -0.25) is 0 Å². The normalized spacial score (nSPS) is 12.9. The summed E-state index contributed by atoms with van der Waals surface area (Å²) in [6.45, 7) is 10.8. The molecule has 0 aromatic heterocycles. The molecule has 0 fully saturated rings. The molecule has 14 heavy (non-hydrogen) atoms. The van der Waals surface area contributed by atoms with E-state index in [1.165, 1.54) is 0 Å². The Morgan fingerprint density at radius 2 is 1.93 bits per heavy atom. The Labute approximate surface area is 88.5 Å². The van der Waals surface area contributed by atoms with Crippen molar-refractivity contribution in [3.8, 4) is 0 Å². The number of rotatable bonds is 7. The van der Waals surface area contributed by atoms with Crippen molar-refractivity contribution >= 4 is 0 Å². The number of nitrogens with zero attached hydrogens (tertiary/aromatic N) is 1. The summed E-state index contributed by atoms with van der Waals surface area (Å²) in [5.74, 6) is 0. The first-order valence-electron chi connectivity index (χ1n) is 5.46. The average Bonchev–Trinajstić information content (AvgIpc) is 2.01. The average molecular weight is 202 g/mol. The lowest BCUT2D eigenvalue weighted by Gasteiger charge is -2.22. The van der Waals surface area contributed by atoms with E-state index >= 15 is 0 Å². The first kappa shape index (κ1) is 13.9. The van der Waals surface area contributed by atoms with Gasteiger partial charge in [-0.15, -0.1) is 0 Å². The maximum absolute atomic E-state index is 9.44. The highest BCUT2D eigenvalue weighted by Crippen LogP contribution is 1.98. The summed E-state index contributed by atoms with van der Waals surface area (Å²) in [6.07, 6.45) is 1.13. The molecule has 86 valence electrons. The van der Waals surface area contributed by atoms with Gasteiger partial charge in [-0.1, -0.05) is 0 Å². The van der Waals surface area contributed by atoms with E-state index in [1.54, 1.807) is 0 Å². The third kappa shape index (κ3) is 8.48. The molecule has 0 rings (SSSR count). The molecular formula is C11H26N2O. The molecule has 0 aromatic carbocycles. The molecule has 3 heteroatoms. The molecular weight excluding hydrogens is 176 g/mol. The molecule has 0 radical (unpaired) electrons. The Bertz CT molecular complexity index is 141. The Morgan fingerprint density at radius 1 is 1.36 bits per heavy atom. The van der Waals surface area contributed by atoms with Crippen LogP contribution < -0.4 is 5.32 Å². The van der Waals surface area contributed by atoms with Crippen LogP contribution in [0.1, 0.15) is 34.1 Å². The third-order valence-corrected chi connectivity index (χ3v) is 2.30. The summed E-state index contributed by atoms with van der Waals surface area (Å²) in [4.78, 5) is 2.33. The van der Waals surface area contributed by atoms with Gasteiger partial charge in [-0.25, -0.2) is 0 Å². The maximum atomic E-state index is 9.44. The molecule has 0 spiro atoms. The predicted octanol–water partition coefficient (Wildman–Crippen LogP) is 1.08. The van der Waals surface area contributed by atoms with Gasteiger partial charge < -0.3 is 15.3 Å². The SMILES string of the molecule is CC(C)N(C)CCCNCC(C)(C)O. The van der Waals surface area contributed by atoms with Gasteiger partial charge in [-0.2, -0.15) is 0 Å². The molecule has 0 heterocycles. The molecule has 3 nitrogen and oxygen atoms in total. The summed E-state index contributed by atoms with van der Waals surface area (Å²) in [7, 11) is 2.14. The Hall–Kier alpha value is -0.120. The van der Waals surface area contributed by atoms with Crippen LogP contribution in [0.4, 0.5) is 0 Å². The zero-order chi connectivity index (χ0) is 11.2. The van der Waals surface area contributed by atoms with Crippen molar-refractivity contribution in [2.75, 3.05) is 26.7 Å². The fraction of sp³-hybridized carbons (Fsp3) is 1.00. The van der Waals surface area contributed by atoms with Crippen LogP contribution in [0.3, 0.4) is 0 Å². The van der Waals surface area contributed by atoms with Crippen LogP contribution >= 0.6 is 0 Å². The molecule has 0 bridgehead atoms. The molecule has 0 unspecified atom stereocenters. The lowest BCUT2D eigenvalue weighted by Crippen LogP contribution is -2.36. The molecule has 0 atom stereocenters. The van der Waals surface area contributed by atoms with Crippen molar-refractivity contribution in [1.29, 1.82) is 0 Å². The lowest BCUT2D eigenvalue weighted by atomic mass is 10.1. The molecule has 2 N–H and O–H groups in total. The largest absolute Gasteiger partial charge is 0.389 e. The van der Waals surface area contributed by atoms with Crippen LogP contribution in [0.5, 0.6) is 0 Å². The molecule has 0 aliphatic carbocycles. The lowest BCUT2D eigenvalue weighted by molar-refractivity contribution is 0.0796. The molecule has 0 amide bonds. The predicted molar refractivity (Wildman–Crippen MR) is 61.6 cm³/mol. The van der Waals surface area contributed by atoms with E-state index in [4.69, 9.17) is 0 Å². The summed E-state index contributed by atoms with van der Waals surface area (Å²) in [5.41, 5.74) is -0.593. The van der Waals surface area contributed by atoms with Crippen LogP contribution in [0.2, 0.25) is 0 Å². The van der Waals surface area contributed by atoms with Crippen LogP contribution in [-0.4, -0.2) is 48.3 Å². The molecule has 0 saturated heterocycles. The molecule has 0 aliphatic heterocycles. The quantitative estimate of drug-likeness (QED) is 0.606. The summed E-state index contributed by atoms with van der Waals surface area (Å²) in [5, 5.41) is 12.7. The topological polar surface area (TPSA) is 35.5 Å². The van der Waals surface area contributed by atoms with Crippen LogP contribution in [-0.2, 0) is 0 Å². The van der Waals surface area contributed by atoms with Crippen molar-refractivity contribution in [3.63, 3.8) is 0 Å². The van der Waals surface area contributed by atoms with Crippen molar-refractivity contribution in [2.24, 2.45) is 0 Å². The Kier molecular flexibility index (Phi) is 6.33. The van der Waals surface area contributed by atoms with E-state index < -0.39 is 5.60 Å². The highest BCUT2D eigenvalue weighted by atomic mass is 16.3. The minimum absolute atomic E-state index is 0.593. The van der Waals surface area contributed by atoms with Gasteiger partial charge in [0, 0.05) is 12.6 Å². The number of aliphatic hydroxyl groups is 1. The van der Waals surface area contributed by atoms with E-state index in [2.05, 4.69) is 31.1 Å². The number of hydrogen-bond donors (Lipinski definition) is 2. The van der Waals surface area contributed by atoms with Gasteiger partial charge in [-0.05, 0) is 54.3 Å². The fourth-order valence-corrected chi connectivity index (χ4v) is 1.11. The third-order valence-electron chi connectivity index (χ3n) is 2.30. The molecule has 0 aliphatic rings. The van der Waals surface area contributed by atoms with Crippen molar-refractivity contribution in [1.82, 2.24) is 10.2 Å². The van der Waals surface area contributed by atoms with Gasteiger partial charge in [0.2, 0.25) is 0 Å². The second-order valence-corrected chi connectivity index (χ2v) is 4.92. The van der Waals surface area contributed by atoms with Gasteiger partial charge in [0.1, 0.15) is 0 Å². The second kappa shape index (κ2) is 6.38. The van der Waals surface area contributed by atoms with Crippen molar-refractivity contribution < 1.29 is 5.11 Å². The van der Waals surface area contributed by atoms with E-state index in [0.717, 1.165) is 19.5 Å². The number of nitrogens with one attached hydrogen (secondary N) is 1. The highest BCUT2D eigenvalue weighted by Gasteiger charge is 2.10. The fourth-order valence-electron chi connectivity index (χ4n) is 1.11. The first-order chi connectivity index (χ1) is 6.33. The van der Waals surface area contributed by atoms with Gasteiger partial charge >= 0.3 is 0 Å². The molecule has 0 saturated carbocycles. The van der Waals surface area contributed by atoms with E-state index in [9.17, 15) is 5.11 Å². The van der Waals surface area contributed by atoms with E-state index in [0.29, 0.717) is 12.6 Å². The van der Waals surface area contributed by atoms with Crippen LogP contribution in [0.15, 0.2) is 0 Å². The van der Waals surface area contributed by atoms with Gasteiger partial charge in [0.25, 0.3) is 0 Å². The van der Waals surface area contributed by atoms with Crippen LogP contribution in [0, 0.1) is 0 Å². The zero-order valence-electron chi connectivity index (χ0n) is 10.3. The minimum atomic E-state index is -0.593. The maximum Gasteiger partial charge on any atom is 0.0715 e. The second-order valence-electron chi connectivity index (χ2n) is 4.92. The van der Waals surface area contributed by atoms with Gasteiger partial charge in [0.05, 0.1) is 5.60 Å². The summed E-state index contributed by atoms with van der Waals surface area (Å²) >= 11 is 0. The number of hydrogen-bond acceptors (Lipinski definition) is 3. The minimum Gasteiger partial charge on any atom is -0.389 e. The monoisotopic (exact) mass is 202 g/mol. The van der Waals surface area contributed by atoms with Crippen molar-refractivity contribution in [2.45, 2.75) is 45.8 Å². The summed E-state index contributed by atoms with van der Waals surface area (Å²) < 4.78 is 0. The Morgan fingerprint density at radius 3 is 2.36 bits per heavy atom. The van der Waals surface area contributed by atoms with Crippen molar-refractivity contribution in [3.05, 3.63) is 0 Å². The standard InChI is InChI=1S/C11H26N2O/c1-10(2)13(5)8-6-7-12-9-11(3,4)14/h10,12,14H,6-9H2,1-5H3. The first-order valence-corrected chi connectivity index (χ1v) is 5.46. The Balaban J connectivity index is 3.30. The smallest absolute Gasteiger partial charge is 0.0715 e. The zero-order valence-corrected chi connectivity index (χ0v) is 10.3. The van der Waals surface area contributed by atoms with E-state index in [-0.39, 0.29) is 0 Å². The molecule has 0 aromatic rings. The summed E-state index contributed by atoms with van der Waals surface area (Å²) in [6, 6.07) is 0.615. The highest BCUT2D eigenvalue weighted by molar-refractivity contribution is 4.68. The van der Waals surface area contributed by atoms with Crippen LogP contribution in [0.25, 0.3) is 0 Å². The van der Waals surface area contributed by atoms with Gasteiger partial charge in [0.15, 0.2) is 0 Å². The van der Waals surface area contributed by atoms with E-state index in [1.807, 2.05) is 13.8 Å².